The van der Waals surface area contributed by atoms with E-state index in [-0.39, 0.29) is 0 Å². The predicted molar refractivity (Wildman–Crippen MR) is 73.7 cm³/mol. The predicted octanol–water partition coefficient (Wildman–Crippen LogP) is 3.69. The van der Waals surface area contributed by atoms with Gasteiger partial charge >= 0.3 is 0 Å². The van der Waals surface area contributed by atoms with Crippen molar-refractivity contribution >= 4 is 22.9 Å². The summed E-state index contributed by atoms with van der Waals surface area (Å²) in [6.45, 7) is 0. The van der Waals surface area contributed by atoms with Gasteiger partial charge < -0.3 is 5.32 Å². The Hall–Kier alpha value is -0.900. The number of nitrogens with zero attached hydrogens (tertiary/aromatic N) is 1. The molecule has 0 aliphatic carbocycles. The number of halogens is 1. The first kappa shape index (κ1) is 12.6. The van der Waals surface area contributed by atoms with Gasteiger partial charge in [-0.15, -0.1) is 11.3 Å². The molecule has 0 amide bonds. The van der Waals surface area contributed by atoms with Gasteiger partial charge in [0.05, 0.1) is 4.34 Å². The Kier molecular flexibility index (Phi) is 4.54. The van der Waals surface area contributed by atoms with Gasteiger partial charge in [0.15, 0.2) is 0 Å². The Morgan fingerprint density at radius 3 is 2.65 bits per heavy atom. The van der Waals surface area contributed by atoms with Crippen LogP contribution >= 0.6 is 22.9 Å². The van der Waals surface area contributed by atoms with Gasteiger partial charge in [0, 0.05) is 23.3 Å². The topological polar surface area (TPSA) is 24.9 Å². The van der Waals surface area contributed by atoms with E-state index in [4.69, 9.17) is 11.6 Å². The summed E-state index contributed by atoms with van der Waals surface area (Å²) in [6, 6.07) is 8.56. The van der Waals surface area contributed by atoms with E-state index in [0.717, 1.165) is 17.2 Å². The number of thiophene rings is 1. The highest BCUT2D eigenvalue weighted by Gasteiger charge is 2.11. The maximum atomic E-state index is 5.96. The lowest BCUT2D eigenvalue weighted by Gasteiger charge is -2.14. The van der Waals surface area contributed by atoms with Gasteiger partial charge in [0.1, 0.15) is 0 Å². The van der Waals surface area contributed by atoms with Crippen LogP contribution in [0.25, 0.3) is 0 Å². The molecule has 2 aromatic rings. The van der Waals surface area contributed by atoms with Crippen LogP contribution in [0.2, 0.25) is 4.34 Å². The molecule has 0 aliphatic heterocycles. The van der Waals surface area contributed by atoms with E-state index >= 15 is 0 Å². The van der Waals surface area contributed by atoms with E-state index in [1.165, 1.54) is 10.4 Å². The molecule has 2 nitrogen and oxygen atoms in total. The number of rotatable bonds is 5. The summed E-state index contributed by atoms with van der Waals surface area (Å²) >= 11 is 7.61. The van der Waals surface area contributed by atoms with Gasteiger partial charge in [-0.3, -0.25) is 4.98 Å². The molecule has 1 N–H and O–H groups in total. The number of nitrogens with one attached hydrogen (secondary N) is 1. The molecule has 0 saturated carbocycles. The maximum absolute atomic E-state index is 5.96. The van der Waals surface area contributed by atoms with Gasteiger partial charge in [-0.1, -0.05) is 11.6 Å². The fourth-order valence-corrected chi connectivity index (χ4v) is 3.01. The van der Waals surface area contributed by atoms with Crippen LogP contribution < -0.4 is 5.32 Å². The zero-order valence-electron chi connectivity index (χ0n) is 9.69. The van der Waals surface area contributed by atoms with Crippen molar-refractivity contribution < 1.29 is 0 Å². The van der Waals surface area contributed by atoms with Crippen molar-refractivity contribution in [3.63, 3.8) is 0 Å². The molecule has 0 radical (unpaired) electrons. The van der Waals surface area contributed by atoms with E-state index in [0.29, 0.717) is 6.04 Å². The summed E-state index contributed by atoms with van der Waals surface area (Å²) in [5.41, 5.74) is 1.32. The molecule has 1 atom stereocenters. The summed E-state index contributed by atoms with van der Waals surface area (Å²) in [7, 11) is 1.99. The second kappa shape index (κ2) is 6.15. The van der Waals surface area contributed by atoms with Crippen LogP contribution in [-0.4, -0.2) is 12.0 Å². The standard InChI is InChI=1S/C13H15ClN2S/c1-15-11(12-4-5-13(14)17-12)3-2-10-6-8-16-9-7-10/h4-9,11,15H,2-3H2,1H3. The van der Waals surface area contributed by atoms with E-state index in [2.05, 4.69) is 28.5 Å². The minimum Gasteiger partial charge on any atom is -0.312 e. The average Bonchev–Trinajstić information content (AvgIpc) is 2.78. The van der Waals surface area contributed by atoms with Gasteiger partial charge in [-0.05, 0) is 49.7 Å². The van der Waals surface area contributed by atoms with E-state index in [1.54, 1.807) is 11.3 Å². The zero-order valence-corrected chi connectivity index (χ0v) is 11.3. The molecule has 17 heavy (non-hydrogen) atoms. The average molecular weight is 267 g/mol. The third-order valence-corrected chi connectivity index (χ3v) is 4.10. The van der Waals surface area contributed by atoms with Gasteiger partial charge in [-0.25, -0.2) is 0 Å². The highest BCUT2D eigenvalue weighted by molar-refractivity contribution is 7.16. The van der Waals surface area contributed by atoms with Gasteiger partial charge in [0.25, 0.3) is 0 Å². The van der Waals surface area contributed by atoms with E-state index in [1.807, 2.05) is 25.5 Å². The minimum atomic E-state index is 0.376. The van der Waals surface area contributed by atoms with Crippen molar-refractivity contribution in [1.82, 2.24) is 10.3 Å². The molecular formula is C13H15ClN2S. The second-order valence-electron chi connectivity index (χ2n) is 3.88. The summed E-state index contributed by atoms with van der Waals surface area (Å²) in [5, 5.41) is 3.34. The van der Waals surface area contributed by atoms with Crippen molar-refractivity contribution in [3.8, 4) is 0 Å². The lowest BCUT2D eigenvalue weighted by Crippen LogP contribution is -2.15. The number of aryl methyl sites for hydroxylation is 1. The number of aromatic nitrogens is 1. The first-order valence-corrected chi connectivity index (χ1v) is 6.80. The molecule has 0 aromatic carbocycles. The fourth-order valence-electron chi connectivity index (χ4n) is 1.80. The lowest BCUT2D eigenvalue weighted by atomic mass is 10.1. The Labute approximate surface area is 111 Å². The third kappa shape index (κ3) is 3.53. The van der Waals surface area contributed by atoms with Crippen LogP contribution in [0.3, 0.4) is 0 Å². The summed E-state index contributed by atoms with van der Waals surface area (Å²) in [5.74, 6) is 0. The van der Waals surface area contributed by atoms with Crippen molar-refractivity contribution in [2.75, 3.05) is 7.05 Å². The highest BCUT2D eigenvalue weighted by atomic mass is 35.5. The Morgan fingerprint density at radius 2 is 2.06 bits per heavy atom. The molecular weight excluding hydrogens is 252 g/mol. The summed E-state index contributed by atoms with van der Waals surface area (Å²) in [4.78, 5) is 5.32. The number of hydrogen-bond donors (Lipinski definition) is 1. The molecule has 2 heterocycles. The second-order valence-corrected chi connectivity index (χ2v) is 5.62. The van der Waals surface area contributed by atoms with Crippen molar-refractivity contribution in [3.05, 3.63) is 51.4 Å². The molecule has 0 aliphatic rings. The lowest BCUT2D eigenvalue weighted by molar-refractivity contribution is 0.558. The monoisotopic (exact) mass is 266 g/mol. The van der Waals surface area contributed by atoms with Gasteiger partial charge in [-0.2, -0.15) is 0 Å². The van der Waals surface area contributed by atoms with E-state index in [9.17, 15) is 0 Å². The molecule has 2 aromatic heterocycles. The van der Waals surface area contributed by atoms with Crippen LogP contribution in [0.4, 0.5) is 0 Å². The highest BCUT2D eigenvalue weighted by Crippen LogP contribution is 2.29. The van der Waals surface area contributed by atoms with Crippen LogP contribution in [0.15, 0.2) is 36.7 Å². The first-order valence-electron chi connectivity index (χ1n) is 5.61. The SMILES string of the molecule is CNC(CCc1ccncc1)c1ccc(Cl)s1. The fraction of sp³-hybridized carbons (Fsp3) is 0.308. The molecule has 4 heteroatoms. The van der Waals surface area contributed by atoms with Crippen LogP contribution in [-0.2, 0) is 6.42 Å². The Balaban J connectivity index is 1.97. The van der Waals surface area contributed by atoms with Crippen LogP contribution in [0.5, 0.6) is 0 Å². The molecule has 2 rings (SSSR count). The quantitative estimate of drug-likeness (QED) is 0.893. The van der Waals surface area contributed by atoms with Crippen molar-refractivity contribution in [2.45, 2.75) is 18.9 Å². The smallest absolute Gasteiger partial charge is 0.0931 e. The largest absolute Gasteiger partial charge is 0.312 e. The summed E-state index contributed by atoms with van der Waals surface area (Å²) in [6.07, 6.45) is 5.79. The molecule has 0 fully saturated rings. The first-order chi connectivity index (χ1) is 8.29. The Bertz CT molecular complexity index is 455. The zero-order chi connectivity index (χ0) is 12.1. The number of hydrogen-bond acceptors (Lipinski definition) is 3. The van der Waals surface area contributed by atoms with Gasteiger partial charge in [0.2, 0.25) is 0 Å². The molecule has 1 unspecified atom stereocenters. The maximum Gasteiger partial charge on any atom is 0.0931 e. The van der Waals surface area contributed by atoms with Crippen LogP contribution in [0.1, 0.15) is 22.9 Å². The van der Waals surface area contributed by atoms with Crippen molar-refractivity contribution in [2.24, 2.45) is 0 Å². The molecule has 0 spiro atoms. The van der Waals surface area contributed by atoms with Crippen molar-refractivity contribution in [1.29, 1.82) is 0 Å². The normalized spacial score (nSPS) is 12.6. The summed E-state index contributed by atoms with van der Waals surface area (Å²) < 4.78 is 0.851. The Morgan fingerprint density at radius 1 is 1.29 bits per heavy atom. The number of pyridine rings is 1. The van der Waals surface area contributed by atoms with Crippen LogP contribution in [0, 0.1) is 0 Å². The molecule has 0 saturated heterocycles. The van der Waals surface area contributed by atoms with E-state index < -0.39 is 0 Å². The minimum absolute atomic E-state index is 0.376. The molecule has 0 bridgehead atoms. The third-order valence-electron chi connectivity index (χ3n) is 2.76. The molecule has 90 valence electrons.